The summed E-state index contributed by atoms with van der Waals surface area (Å²) < 4.78 is 2.12. The summed E-state index contributed by atoms with van der Waals surface area (Å²) in [6, 6.07) is 0.519. The minimum absolute atomic E-state index is 0.0500. The number of aromatic nitrogens is 3. The Morgan fingerprint density at radius 2 is 2.35 bits per heavy atom. The third-order valence-electron chi connectivity index (χ3n) is 2.67. The zero-order chi connectivity index (χ0) is 12.3. The SMILES string of the molecule is CNC(=O)CCSc1nnc(CN)n1C1CC1. The number of rotatable bonds is 6. The first-order valence-corrected chi connectivity index (χ1v) is 6.72. The van der Waals surface area contributed by atoms with Gasteiger partial charge in [-0.15, -0.1) is 10.2 Å². The molecular formula is C10H17N5OS. The third-order valence-corrected chi connectivity index (χ3v) is 3.61. The highest BCUT2D eigenvalue weighted by Gasteiger charge is 2.29. The van der Waals surface area contributed by atoms with E-state index in [1.165, 1.54) is 12.8 Å². The quantitative estimate of drug-likeness (QED) is 0.714. The van der Waals surface area contributed by atoms with E-state index in [1.54, 1.807) is 18.8 Å². The molecule has 17 heavy (non-hydrogen) atoms. The molecule has 2 rings (SSSR count). The molecule has 0 bridgehead atoms. The van der Waals surface area contributed by atoms with Gasteiger partial charge in [0.1, 0.15) is 5.82 Å². The van der Waals surface area contributed by atoms with Crippen LogP contribution in [0.2, 0.25) is 0 Å². The largest absolute Gasteiger partial charge is 0.359 e. The first-order valence-electron chi connectivity index (χ1n) is 5.73. The molecule has 0 radical (unpaired) electrons. The average Bonchev–Trinajstić information content (AvgIpc) is 3.10. The summed E-state index contributed by atoms with van der Waals surface area (Å²) >= 11 is 1.57. The molecule has 1 amide bonds. The maximum atomic E-state index is 11.1. The van der Waals surface area contributed by atoms with Crippen LogP contribution in [-0.2, 0) is 11.3 Å². The molecule has 0 aromatic carbocycles. The maximum Gasteiger partial charge on any atom is 0.220 e. The lowest BCUT2D eigenvalue weighted by molar-refractivity contribution is -0.120. The van der Waals surface area contributed by atoms with Crippen LogP contribution < -0.4 is 11.1 Å². The predicted molar refractivity (Wildman–Crippen MR) is 65.6 cm³/mol. The molecule has 0 spiro atoms. The molecule has 1 fully saturated rings. The van der Waals surface area contributed by atoms with Crippen molar-refractivity contribution in [2.75, 3.05) is 12.8 Å². The number of carbonyl (C=O) groups excluding carboxylic acids is 1. The van der Waals surface area contributed by atoms with Gasteiger partial charge in [0.2, 0.25) is 5.91 Å². The van der Waals surface area contributed by atoms with Crippen LogP contribution in [0.3, 0.4) is 0 Å². The molecule has 7 heteroatoms. The van der Waals surface area contributed by atoms with Crippen LogP contribution in [0.25, 0.3) is 0 Å². The van der Waals surface area contributed by atoms with E-state index in [-0.39, 0.29) is 5.91 Å². The van der Waals surface area contributed by atoms with E-state index in [4.69, 9.17) is 5.73 Å². The summed E-state index contributed by atoms with van der Waals surface area (Å²) in [6.07, 6.45) is 2.85. The van der Waals surface area contributed by atoms with E-state index >= 15 is 0 Å². The van der Waals surface area contributed by atoms with Crippen LogP contribution >= 0.6 is 11.8 Å². The van der Waals surface area contributed by atoms with E-state index in [0.29, 0.717) is 19.0 Å². The second kappa shape index (κ2) is 5.50. The van der Waals surface area contributed by atoms with Gasteiger partial charge in [-0.1, -0.05) is 11.8 Å². The smallest absolute Gasteiger partial charge is 0.220 e. The minimum atomic E-state index is 0.0500. The Balaban J connectivity index is 1.96. The Kier molecular flexibility index (Phi) is 4.01. The van der Waals surface area contributed by atoms with Gasteiger partial charge < -0.3 is 15.6 Å². The Bertz CT molecular complexity index is 401. The Morgan fingerprint density at radius 1 is 1.59 bits per heavy atom. The van der Waals surface area contributed by atoms with Crippen molar-refractivity contribution >= 4 is 17.7 Å². The monoisotopic (exact) mass is 255 g/mol. The molecule has 1 saturated carbocycles. The molecule has 1 aromatic rings. The number of nitrogens with two attached hydrogens (primary N) is 1. The summed E-state index contributed by atoms with van der Waals surface area (Å²) in [6.45, 7) is 0.416. The molecule has 6 nitrogen and oxygen atoms in total. The molecule has 0 aliphatic heterocycles. The van der Waals surface area contributed by atoms with Crippen LogP contribution in [0.1, 0.15) is 31.1 Å². The van der Waals surface area contributed by atoms with Crippen LogP contribution in [0.4, 0.5) is 0 Å². The molecular weight excluding hydrogens is 238 g/mol. The highest BCUT2D eigenvalue weighted by atomic mass is 32.2. The Labute approximate surface area is 104 Å². The van der Waals surface area contributed by atoms with Crippen molar-refractivity contribution in [2.45, 2.75) is 37.0 Å². The molecule has 1 aliphatic carbocycles. The Hall–Kier alpha value is -1.08. The highest BCUT2D eigenvalue weighted by Crippen LogP contribution is 2.38. The van der Waals surface area contributed by atoms with E-state index in [0.717, 1.165) is 16.7 Å². The third kappa shape index (κ3) is 2.98. The van der Waals surface area contributed by atoms with Gasteiger partial charge in [-0.05, 0) is 12.8 Å². The van der Waals surface area contributed by atoms with Crippen molar-refractivity contribution in [3.05, 3.63) is 5.82 Å². The van der Waals surface area contributed by atoms with Gasteiger partial charge in [-0.2, -0.15) is 0 Å². The first-order chi connectivity index (χ1) is 8.26. The van der Waals surface area contributed by atoms with Crippen LogP contribution in [0, 0.1) is 0 Å². The summed E-state index contributed by atoms with van der Waals surface area (Å²) in [5.41, 5.74) is 5.63. The van der Waals surface area contributed by atoms with E-state index in [9.17, 15) is 4.79 Å². The number of thioether (sulfide) groups is 1. The van der Waals surface area contributed by atoms with Gasteiger partial charge in [0.25, 0.3) is 0 Å². The predicted octanol–water partition coefficient (Wildman–Crippen LogP) is 0.300. The van der Waals surface area contributed by atoms with Crippen molar-refractivity contribution in [3.63, 3.8) is 0 Å². The second-order valence-electron chi connectivity index (χ2n) is 3.98. The maximum absolute atomic E-state index is 11.1. The van der Waals surface area contributed by atoms with Crippen LogP contribution in [0.15, 0.2) is 5.16 Å². The molecule has 1 aliphatic rings. The number of hydrogen-bond donors (Lipinski definition) is 2. The van der Waals surface area contributed by atoms with E-state index in [2.05, 4.69) is 20.1 Å². The molecule has 1 heterocycles. The first kappa shape index (κ1) is 12.4. The zero-order valence-corrected chi connectivity index (χ0v) is 10.7. The lowest BCUT2D eigenvalue weighted by Crippen LogP contribution is -2.18. The van der Waals surface area contributed by atoms with Gasteiger partial charge in [0.15, 0.2) is 5.16 Å². The standard InChI is InChI=1S/C10H17N5OS/c1-12-9(16)4-5-17-10-14-13-8(6-11)15(10)7-2-3-7/h7H,2-6,11H2,1H3,(H,12,16). The number of nitrogens with one attached hydrogen (secondary N) is 1. The second-order valence-corrected chi connectivity index (χ2v) is 5.04. The number of nitrogens with zero attached hydrogens (tertiary/aromatic N) is 3. The van der Waals surface area contributed by atoms with Gasteiger partial charge in [-0.25, -0.2) is 0 Å². The van der Waals surface area contributed by atoms with Gasteiger partial charge >= 0.3 is 0 Å². The lowest BCUT2D eigenvalue weighted by atomic mass is 10.5. The van der Waals surface area contributed by atoms with Crippen molar-refractivity contribution < 1.29 is 4.79 Å². The Morgan fingerprint density at radius 3 is 2.94 bits per heavy atom. The topological polar surface area (TPSA) is 85.8 Å². The van der Waals surface area contributed by atoms with Crippen LogP contribution in [0.5, 0.6) is 0 Å². The lowest BCUT2D eigenvalue weighted by Gasteiger charge is -2.06. The number of carbonyl (C=O) groups is 1. The molecule has 1 aromatic heterocycles. The van der Waals surface area contributed by atoms with Crippen molar-refractivity contribution in [2.24, 2.45) is 5.73 Å². The van der Waals surface area contributed by atoms with Gasteiger partial charge in [0, 0.05) is 25.3 Å². The molecule has 3 N–H and O–H groups in total. The average molecular weight is 255 g/mol. The molecule has 94 valence electrons. The summed E-state index contributed by atoms with van der Waals surface area (Å²) in [4.78, 5) is 11.1. The van der Waals surface area contributed by atoms with Crippen molar-refractivity contribution in [1.29, 1.82) is 0 Å². The summed E-state index contributed by atoms with van der Waals surface area (Å²) in [7, 11) is 1.65. The minimum Gasteiger partial charge on any atom is -0.359 e. The van der Waals surface area contributed by atoms with Crippen molar-refractivity contribution in [3.8, 4) is 0 Å². The fourth-order valence-corrected chi connectivity index (χ4v) is 2.57. The highest BCUT2D eigenvalue weighted by molar-refractivity contribution is 7.99. The van der Waals surface area contributed by atoms with E-state index in [1.807, 2.05) is 0 Å². The van der Waals surface area contributed by atoms with E-state index < -0.39 is 0 Å². The number of amides is 1. The fourth-order valence-electron chi connectivity index (χ4n) is 1.60. The van der Waals surface area contributed by atoms with Gasteiger partial charge in [0.05, 0.1) is 6.54 Å². The van der Waals surface area contributed by atoms with Crippen LogP contribution in [-0.4, -0.2) is 33.5 Å². The summed E-state index contributed by atoms with van der Waals surface area (Å²) in [5.74, 6) is 1.61. The fraction of sp³-hybridized carbons (Fsp3) is 0.700. The number of hydrogen-bond acceptors (Lipinski definition) is 5. The zero-order valence-electron chi connectivity index (χ0n) is 9.85. The molecule has 0 atom stereocenters. The molecule has 0 unspecified atom stereocenters. The van der Waals surface area contributed by atoms with Gasteiger partial charge in [-0.3, -0.25) is 4.79 Å². The molecule has 0 saturated heterocycles. The normalized spacial score (nSPS) is 14.9. The summed E-state index contributed by atoms with van der Waals surface area (Å²) in [5, 5.41) is 11.7. The van der Waals surface area contributed by atoms with Crippen molar-refractivity contribution in [1.82, 2.24) is 20.1 Å².